The number of thiophene rings is 1. The summed E-state index contributed by atoms with van der Waals surface area (Å²) in [5, 5.41) is 4.89. The first kappa shape index (κ1) is 19.9. The minimum absolute atomic E-state index is 0.0258. The van der Waals surface area contributed by atoms with E-state index in [1.165, 1.54) is 11.3 Å². The molecule has 0 unspecified atom stereocenters. The topological polar surface area (TPSA) is 65.1 Å². The molecule has 0 radical (unpaired) electrons. The van der Waals surface area contributed by atoms with E-state index < -0.39 is 0 Å². The second kappa shape index (κ2) is 9.39. The number of ether oxygens (including phenoxy) is 1. The molecule has 0 bridgehead atoms. The van der Waals surface area contributed by atoms with E-state index in [1.807, 2.05) is 46.7 Å². The van der Waals surface area contributed by atoms with Gasteiger partial charge in [0.05, 0.1) is 24.6 Å². The molecule has 3 heterocycles. The summed E-state index contributed by atoms with van der Waals surface area (Å²) in [6, 6.07) is 11.7. The van der Waals surface area contributed by atoms with Gasteiger partial charge in [0.15, 0.2) is 0 Å². The van der Waals surface area contributed by atoms with E-state index in [0.29, 0.717) is 32.7 Å². The number of amides is 2. The highest BCUT2D eigenvalue weighted by Crippen LogP contribution is 2.19. The molecule has 2 amide bonds. The van der Waals surface area contributed by atoms with Gasteiger partial charge in [-0.05, 0) is 35.7 Å². The Hall–Kier alpha value is -2.42. The van der Waals surface area contributed by atoms with E-state index in [0.717, 1.165) is 42.6 Å². The maximum absolute atomic E-state index is 12.4. The molecule has 1 aromatic carbocycles. The summed E-state index contributed by atoms with van der Waals surface area (Å²) in [6.07, 6.45) is 0. The standard InChI is InChI=1S/C21H26N4O3S/c26-20(22-17-3-5-18(6-4-17)24-11-13-28-14-12-24)16-23-7-9-25(10-8-23)21(27)19-2-1-15-29-19/h1-6,15H,7-14,16H2,(H,22,26). The summed E-state index contributed by atoms with van der Waals surface area (Å²) in [4.78, 5) is 31.8. The van der Waals surface area contributed by atoms with Gasteiger partial charge in [-0.15, -0.1) is 11.3 Å². The third kappa shape index (κ3) is 5.14. The molecule has 2 aliphatic rings. The quantitative estimate of drug-likeness (QED) is 0.811. The van der Waals surface area contributed by atoms with Crippen LogP contribution in [0.2, 0.25) is 0 Å². The van der Waals surface area contributed by atoms with E-state index in [9.17, 15) is 9.59 Å². The monoisotopic (exact) mass is 414 g/mol. The minimum Gasteiger partial charge on any atom is -0.378 e. The van der Waals surface area contributed by atoms with Gasteiger partial charge < -0.3 is 19.9 Å². The molecule has 2 aliphatic heterocycles. The fourth-order valence-corrected chi connectivity index (χ4v) is 4.34. The third-order valence-electron chi connectivity index (χ3n) is 5.29. The van der Waals surface area contributed by atoms with Crippen LogP contribution in [0.4, 0.5) is 11.4 Å². The first-order chi connectivity index (χ1) is 14.2. The number of nitrogens with zero attached hydrogens (tertiary/aromatic N) is 3. The number of carbonyl (C=O) groups is 2. The summed E-state index contributed by atoms with van der Waals surface area (Å²) in [6.45, 7) is 6.36. The first-order valence-electron chi connectivity index (χ1n) is 9.97. The van der Waals surface area contributed by atoms with E-state index in [4.69, 9.17) is 4.74 Å². The van der Waals surface area contributed by atoms with Crippen molar-refractivity contribution in [2.75, 3.05) is 69.2 Å². The van der Waals surface area contributed by atoms with Gasteiger partial charge in [-0.1, -0.05) is 6.07 Å². The van der Waals surface area contributed by atoms with Crippen molar-refractivity contribution in [3.8, 4) is 0 Å². The van der Waals surface area contributed by atoms with Crippen LogP contribution in [0.25, 0.3) is 0 Å². The second-order valence-electron chi connectivity index (χ2n) is 7.24. The molecule has 0 atom stereocenters. The number of anilines is 2. The zero-order valence-electron chi connectivity index (χ0n) is 16.4. The van der Waals surface area contributed by atoms with Gasteiger partial charge in [-0.2, -0.15) is 0 Å². The van der Waals surface area contributed by atoms with Crippen LogP contribution in [0.1, 0.15) is 9.67 Å². The fraction of sp³-hybridized carbons (Fsp3) is 0.429. The Bertz CT molecular complexity index is 811. The lowest BCUT2D eigenvalue weighted by Crippen LogP contribution is -2.50. The van der Waals surface area contributed by atoms with Gasteiger partial charge in [-0.3, -0.25) is 14.5 Å². The van der Waals surface area contributed by atoms with Crippen LogP contribution in [0.15, 0.2) is 41.8 Å². The van der Waals surface area contributed by atoms with E-state index in [-0.39, 0.29) is 11.8 Å². The lowest BCUT2D eigenvalue weighted by molar-refractivity contribution is -0.117. The number of piperazine rings is 1. The van der Waals surface area contributed by atoms with Gasteiger partial charge in [0.2, 0.25) is 5.91 Å². The molecule has 8 heteroatoms. The number of hydrogen-bond donors (Lipinski definition) is 1. The van der Waals surface area contributed by atoms with Gasteiger partial charge in [0.1, 0.15) is 0 Å². The van der Waals surface area contributed by atoms with Crippen LogP contribution in [0.5, 0.6) is 0 Å². The zero-order valence-corrected chi connectivity index (χ0v) is 17.2. The van der Waals surface area contributed by atoms with Crippen molar-refractivity contribution in [1.29, 1.82) is 0 Å². The summed E-state index contributed by atoms with van der Waals surface area (Å²) in [5.41, 5.74) is 1.95. The molecule has 0 aliphatic carbocycles. The Morgan fingerprint density at radius 1 is 0.966 bits per heavy atom. The molecule has 0 saturated carbocycles. The highest BCUT2D eigenvalue weighted by Gasteiger charge is 2.23. The molecular formula is C21H26N4O3S. The predicted octanol–water partition coefficient (Wildman–Crippen LogP) is 1.98. The molecule has 7 nitrogen and oxygen atoms in total. The second-order valence-corrected chi connectivity index (χ2v) is 8.19. The van der Waals surface area contributed by atoms with Gasteiger partial charge >= 0.3 is 0 Å². The number of benzene rings is 1. The Morgan fingerprint density at radius 2 is 1.69 bits per heavy atom. The van der Waals surface area contributed by atoms with Gasteiger partial charge in [0, 0.05) is 50.6 Å². The molecule has 2 fully saturated rings. The van der Waals surface area contributed by atoms with Crippen molar-refractivity contribution in [3.63, 3.8) is 0 Å². The van der Waals surface area contributed by atoms with Crippen LogP contribution in [0, 0.1) is 0 Å². The number of nitrogens with one attached hydrogen (secondary N) is 1. The van der Waals surface area contributed by atoms with Crippen LogP contribution >= 0.6 is 11.3 Å². The van der Waals surface area contributed by atoms with E-state index in [2.05, 4.69) is 15.1 Å². The predicted molar refractivity (Wildman–Crippen MR) is 115 cm³/mol. The zero-order chi connectivity index (χ0) is 20.1. The summed E-state index contributed by atoms with van der Waals surface area (Å²) >= 11 is 1.47. The lowest BCUT2D eigenvalue weighted by atomic mass is 10.2. The van der Waals surface area contributed by atoms with E-state index >= 15 is 0 Å². The smallest absolute Gasteiger partial charge is 0.264 e. The Labute approximate surface area is 174 Å². The van der Waals surface area contributed by atoms with Crippen molar-refractivity contribution in [1.82, 2.24) is 9.80 Å². The third-order valence-corrected chi connectivity index (χ3v) is 6.14. The lowest BCUT2D eigenvalue weighted by Gasteiger charge is -2.34. The number of rotatable bonds is 5. The maximum atomic E-state index is 12.4. The molecule has 2 aromatic rings. The summed E-state index contributed by atoms with van der Waals surface area (Å²) in [5.74, 6) is 0.0617. The van der Waals surface area contributed by atoms with E-state index in [1.54, 1.807) is 0 Å². The normalized spacial score (nSPS) is 17.9. The molecular weight excluding hydrogens is 388 g/mol. The van der Waals surface area contributed by atoms with Crippen molar-refractivity contribution < 1.29 is 14.3 Å². The molecule has 1 aromatic heterocycles. The average molecular weight is 415 g/mol. The highest BCUT2D eigenvalue weighted by atomic mass is 32.1. The number of morpholine rings is 1. The Kier molecular flexibility index (Phi) is 6.43. The molecule has 154 valence electrons. The van der Waals surface area contributed by atoms with Crippen molar-refractivity contribution in [3.05, 3.63) is 46.7 Å². The minimum atomic E-state index is -0.0258. The average Bonchev–Trinajstić information content (AvgIpc) is 3.30. The van der Waals surface area contributed by atoms with Gasteiger partial charge in [0.25, 0.3) is 5.91 Å². The maximum Gasteiger partial charge on any atom is 0.264 e. The SMILES string of the molecule is O=C(CN1CCN(C(=O)c2cccs2)CC1)Nc1ccc(N2CCOCC2)cc1. The molecule has 1 N–H and O–H groups in total. The van der Waals surface area contributed by atoms with Crippen LogP contribution in [-0.4, -0.2) is 80.6 Å². The molecule has 2 saturated heterocycles. The summed E-state index contributed by atoms with van der Waals surface area (Å²) in [7, 11) is 0. The number of hydrogen-bond acceptors (Lipinski definition) is 6. The van der Waals surface area contributed by atoms with Crippen molar-refractivity contribution in [2.45, 2.75) is 0 Å². The Morgan fingerprint density at radius 3 is 2.34 bits per heavy atom. The largest absolute Gasteiger partial charge is 0.378 e. The first-order valence-corrected chi connectivity index (χ1v) is 10.8. The van der Waals surface area contributed by atoms with Gasteiger partial charge in [-0.25, -0.2) is 0 Å². The van der Waals surface area contributed by atoms with Crippen LogP contribution in [0.3, 0.4) is 0 Å². The molecule has 29 heavy (non-hydrogen) atoms. The highest BCUT2D eigenvalue weighted by molar-refractivity contribution is 7.12. The molecule has 4 rings (SSSR count). The summed E-state index contributed by atoms with van der Waals surface area (Å²) < 4.78 is 5.38. The Balaban J connectivity index is 1.22. The van der Waals surface area contributed by atoms with Crippen LogP contribution in [-0.2, 0) is 9.53 Å². The van der Waals surface area contributed by atoms with Crippen LogP contribution < -0.4 is 10.2 Å². The fourth-order valence-electron chi connectivity index (χ4n) is 3.65. The van der Waals surface area contributed by atoms with Crippen molar-refractivity contribution >= 4 is 34.5 Å². The molecule has 0 spiro atoms. The number of carbonyl (C=O) groups excluding carboxylic acids is 2. The van der Waals surface area contributed by atoms with Crippen molar-refractivity contribution in [2.24, 2.45) is 0 Å².